The second kappa shape index (κ2) is 5.65. The quantitative estimate of drug-likeness (QED) is 0.825. The third kappa shape index (κ3) is 2.42. The first kappa shape index (κ1) is 13.2. The molecular formula is C16H20N2O2. The summed E-state index contributed by atoms with van der Waals surface area (Å²) in [6, 6.07) is 9.01. The molecule has 1 atom stereocenters. The minimum Gasteiger partial charge on any atom is -0.341 e. The number of amides is 2. The van der Waals surface area contributed by atoms with Crippen LogP contribution in [0, 0.1) is 0 Å². The van der Waals surface area contributed by atoms with Gasteiger partial charge in [0.2, 0.25) is 5.91 Å². The van der Waals surface area contributed by atoms with Crippen molar-refractivity contribution in [3.8, 4) is 0 Å². The first-order chi connectivity index (χ1) is 9.77. The summed E-state index contributed by atoms with van der Waals surface area (Å²) < 4.78 is 0. The number of rotatable bonds is 2. The maximum atomic E-state index is 12.5. The summed E-state index contributed by atoms with van der Waals surface area (Å²) in [5.41, 5.74) is 0.675. The molecule has 2 saturated heterocycles. The normalized spacial score (nSPS) is 22.3. The molecule has 0 saturated carbocycles. The molecule has 4 nitrogen and oxygen atoms in total. The highest BCUT2D eigenvalue weighted by Crippen LogP contribution is 2.23. The lowest BCUT2D eigenvalue weighted by Gasteiger charge is -2.27. The van der Waals surface area contributed by atoms with E-state index in [4.69, 9.17) is 0 Å². The SMILES string of the molecule is O=C([C@@H]1CCCN1C(=O)c1ccccc1)N1CCCC1. The molecular weight excluding hydrogens is 252 g/mol. The van der Waals surface area contributed by atoms with Crippen LogP contribution in [0.4, 0.5) is 0 Å². The molecule has 0 spiro atoms. The maximum absolute atomic E-state index is 12.5. The summed E-state index contributed by atoms with van der Waals surface area (Å²) >= 11 is 0. The number of hydrogen-bond acceptors (Lipinski definition) is 2. The van der Waals surface area contributed by atoms with E-state index >= 15 is 0 Å². The predicted octanol–water partition coefficient (Wildman–Crippen LogP) is 1.91. The molecule has 0 unspecified atom stereocenters. The molecule has 0 aliphatic carbocycles. The molecule has 0 radical (unpaired) electrons. The Balaban J connectivity index is 1.75. The molecule has 2 heterocycles. The van der Waals surface area contributed by atoms with Crippen molar-refractivity contribution in [2.45, 2.75) is 31.7 Å². The Kier molecular flexibility index (Phi) is 3.72. The van der Waals surface area contributed by atoms with Gasteiger partial charge in [0.25, 0.3) is 5.91 Å². The van der Waals surface area contributed by atoms with Crippen molar-refractivity contribution < 1.29 is 9.59 Å². The minimum atomic E-state index is -0.249. The second-order valence-electron chi connectivity index (χ2n) is 5.55. The summed E-state index contributed by atoms with van der Waals surface area (Å²) in [4.78, 5) is 28.7. The van der Waals surface area contributed by atoms with Crippen LogP contribution in [0.1, 0.15) is 36.0 Å². The third-order valence-electron chi connectivity index (χ3n) is 4.24. The Morgan fingerprint density at radius 1 is 0.950 bits per heavy atom. The Bertz CT molecular complexity index is 494. The van der Waals surface area contributed by atoms with Gasteiger partial charge in [0.15, 0.2) is 0 Å². The van der Waals surface area contributed by atoms with Crippen molar-refractivity contribution in [2.24, 2.45) is 0 Å². The van der Waals surface area contributed by atoms with Crippen molar-refractivity contribution in [2.75, 3.05) is 19.6 Å². The summed E-state index contributed by atoms with van der Waals surface area (Å²) in [6.07, 6.45) is 3.90. The summed E-state index contributed by atoms with van der Waals surface area (Å²) in [5, 5.41) is 0. The highest BCUT2D eigenvalue weighted by molar-refractivity contribution is 5.97. The molecule has 2 aliphatic rings. The van der Waals surface area contributed by atoms with Crippen LogP contribution in [-0.2, 0) is 4.79 Å². The van der Waals surface area contributed by atoms with Gasteiger partial charge >= 0.3 is 0 Å². The fourth-order valence-electron chi connectivity index (χ4n) is 3.16. The van der Waals surface area contributed by atoms with Gasteiger partial charge in [0.05, 0.1) is 0 Å². The summed E-state index contributed by atoms with van der Waals surface area (Å²) in [5.74, 6) is 0.130. The number of likely N-dealkylation sites (tertiary alicyclic amines) is 2. The minimum absolute atomic E-state index is 0.0133. The highest BCUT2D eigenvalue weighted by atomic mass is 16.2. The number of hydrogen-bond donors (Lipinski definition) is 0. The van der Waals surface area contributed by atoms with Crippen molar-refractivity contribution in [1.29, 1.82) is 0 Å². The molecule has 106 valence electrons. The number of carbonyl (C=O) groups is 2. The lowest BCUT2D eigenvalue weighted by molar-refractivity contribution is -0.134. The van der Waals surface area contributed by atoms with Gasteiger partial charge < -0.3 is 9.80 Å². The fraction of sp³-hybridized carbons (Fsp3) is 0.500. The average Bonchev–Trinajstić information content (AvgIpc) is 3.18. The van der Waals surface area contributed by atoms with Crippen LogP contribution in [0.25, 0.3) is 0 Å². The van der Waals surface area contributed by atoms with E-state index in [0.717, 1.165) is 38.8 Å². The molecule has 0 aromatic heterocycles. The van der Waals surface area contributed by atoms with E-state index in [1.807, 2.05) is 35.2 Å². The van der Waals surface area contributed by atoms with Crippen LogP contribution in [-0.4, -0.2) is 47.3 Å². The molecule has 1 aromatic rings. The standard InChI is InChI=1S/C16H20N2O2/c19-15(13-7-2-1-3-8-13)18-12-6-9-14(18)16(20)17-10-4-5-11-17/h1-3,7-8,14H,4-6,9-12H2/t14-/m0/s1. The van der Waals surface area contributed by atoms with E-state index in [1.54, 1.807) is 4.90 Å². The van der Waals surface area contributed by atoms with E-state index in [0.29, 0.717) is 12.1 Å². The van der Waals surface area contributed by atoms with Crippen LogP contribution < -0.4 is 0 Å². The van der Waals surface area contributed by atoms with Crippen LogP contribution in [0.3, 0.4) is 0 Å². The van der Waals surface area contributed by atoms with Gasteiger partial charge in [-0.1, -0.05) is 18.2 Å². The lowest BCUT2D eigenvalue weighted by atomic mass is 10.1. The van der Waals surface area contributed by atoms with Crippen LogP contribution >= 0.6 is 0 Å². The Morgan fingerprint density at radius 3 is 2.35 bits per heavy atom. The van der Waals surface area contributed by atoms with E-state index in [1.165, 1.54) is 0 Å². The van der Waals surface area contributed by atoms with E-state index in [-0.39, 0.29) is 17.9 Å². The maximum Gasteiger partial charge on any atom is 0.254 e. The van der Waals surface area contributed by atoms with Crippen LogP contribution in [0.2, 0.25) is 0 Å². The Hall–Kier alpha value is -1.84. The highest BCUT2D eigenvalue weighted by Gasteiger charge is 2.37. The third-order valence-corrected chi connectivity index (χ3v) is 4.24. The van der Waals surface area contributed by atoms with Gasteiger partial charge in [0.1, 0.15) is 6.04 Å². The zero-order valence-electron chi connectivity index (χ0n) is 11.6. The number of carbonyl (C=O) groups excluding carboxylic acids is 2. The Labute approximate surface area is 119 Å². The van der Waals surface area contributed by atoms with Crippen molar-refractivity contribution >= 4 is 11.8 Å². The van der Waals surface area contributed by atoms with E-state index in [2.05, 4.69) is 0 Å². The monoisotopic (exact) mass is 272 g/mol. The molecule has 2 fully saturated rings. The van der Waals surface area contributed by atoms with Gasteiger partial charge in [-0.3, -0.25) is 9.59 Å². The topological polar surface area (TPSA) is 40.6 Å². The van der Waals surface area contributed by atoms with Crippen LogP contribution in [0.15, 0.2) is 30.3 Å². The smallest absolute Gasteiger partial charge is 0.254 e. The molecule has 0 bridgehead atoms. The zero-order valence-corrected chi connectivity index (χ0v) is 11.6. The lowest BCUT2D eigenvalue weighted by Crippen LogP contribution is -2.46. The fourth-order valence-corrected chi connectivity index (χ4v) is 3.16. The largest absolute Gasteiger partial charge is 0.341 e. The molecule has 4 heteroatoms. The van der Waals surface area contributed by atoms with Gasteiger partial charge in [-0.05, 0) is 37.8 Å². The molecule has 3 rings (SSSR count). The Morgan fingerprint density at radius 2 is 1.65 bits per heavy atom. The molecule has 2 aliphatic heterocycles. The van der Waals surface area contributed by atoms with E-state index < -0.39 is 0 Å². The average molecular weight is 272 g/mol. The number of benzene rings is 1. The van der Waals surface area contributed by atoms with Gasteiger partial charge in [-0.2, -0.15) is 0 Å². The van der Waals surface area contributed by atoms with Crippen molar-refractivity contribution in [1.82, 2.24) is 9.80 Å². The second-order valence-corrected chi connectivity index (χ2v) is 5.55. The molecule has 2 amide bonds. The summed E-state index contributed by atoms with van der Waals surface area (Å²) in [6.45, 7) is 2.39. The number of nitrogens with zero attached hydrogens (tertiary/aromatic N) is 2. The van der Waals surface area contributed by atoms with Crippen molar-refractivity contribution in [3.63, 3.8) is 0 Å². The molecule has 1 aromatic carbocycles. The van der Waals surface area contributed by atoms with Gasteiger partial charge in [-0.25, -0.2) is 0 Å². The predicted molar refractivity (Wildman–Crippen MR) is 76.3 cm³/mol. The van der Waals surface area contributed by atoms with E-state index in [9.17, 15) is 9.59 Å². The van der Waals surface area contributed by atoms with Gasteiger partial charge in [-0.15, -0.1) is 0 Å². The zero-order chi connectivity index (χ0) is 13.9. The van der Waals surface area contributed by atoms with Crippen molar-refractivity contribution in [3.05, 3.63) is 35.9 Å². The molecule has 0 N–H and O–H groups in total. The molecule has 20 heavy (non-hydrogen) atoms. The first-order valence-electron chi connectivity index (χ1n) is 7.42. The first-order valence-corrected chi connectivity index (χ1v) is 7.42. The van der Waals surface area contributed by atoms with Gasteiger partial charge in [0, 0.05) is 25.2 Å². The summed E-state index contributed by atoms with van der Waals surface area (Å²) in [7, 11) is 0. The van der Waals surface area contributed by atoms with Crippen LogP contribution in [0.5, 0.6) is 0 Å².